The summed E-state index contributed by atoms with van der Waals surface area (Å²) in [7, 11) is 2.10. The molecule has 0 radical (unpaired) electrons. The summed E-state index contributed by atoms with van der Waals surface area (Å²) < 4.78 is 0. The van der Waals surface area contributed by atoms with Crippen LogP contribution in [0.5, 0.6) is 0 Å². The fourth-order valence-corrected chi connectivity index (χ4v) is 2.05. The maximum Gasteiger partial charge on any atom is 0.222 e. The Balaban J connectivity index is 2.15. The molecule has 0 aromatic rings. The molecule has 1 aliphatic heterocycles. The van der Waals surface area contributed by atoms with Crippen LogP contribution in [0.4, 0.5) is 0 Å². The van der Waals surface area contributed by atoms with Crippen LogP contribution in [0, 0.1) is 11.3 Å². The molecule has 100 valence electrons. The zero-order chi connectivity index (χ0) is 13.1. The van der Waals surface area contributed by atoms with Gasteiger partial charge in [0, 0.05) is 19.5 Å². The van der Waals surface area contributed by atoms with Gasteiger partial charge >= 0.3 is 0 Å². The summed E-state index contributed by atoms with van der Waals surface area (Å²) in [5.41, 5.74) is 0.346. The molecule has 1 heterocycles. The van der Waals surface area contributed by atoms with Crippen LogP contribution in [0.15, 0.2) is 0 Å². The molecule has 0 N–H and O–H groups in total. The molecule has 3 heteroatoms. The van der Waals surface area contributed by atoms with E-state index in [2.05, 4.69) is 39.6 Å². The van der Waals surface area contributed by atoms with Gasteiger partial charge in [-0.3, -0.25) is 4.79 Å². The molecule has 1 saturated heterocycles. The highest BCUT2D eigenvalue weighted by atomic mass is 16.2. The van der Waals surface area contributed by atoms with Gasteiger partial charge in [-0.1, -0.05) is 27.7 Å². The Kier molecular flexibility index (Phi) is 4.99. The molecule has 1 aliphatic rings. The Labute approximate surface area is 106 Å². The maximum atomic E-state index is 11.9. The minimum absolute atomic E-state index is 0.343. The van der Waals surface area contributed by atoms with Crippen molar-refractivity contribution in [1.82, 2.24) is 9.80 Å². The molecule has 1 rings (SSSR count). The van der Waals surface area contributed by atoms with Crippen LogP contribution in [0.1, 0.15) is 40.5 Å². The van der Waals surface area contributed by atoms with E-state index in [-0.39, 0.29) is 0 Å². The number of likely N-dealkylation sites (tertiary alicyclic amines) is 1. The number of hydrogen-bond donors (Lipinski definition) is 0. The third kappa shape index (κ3) is 4.30. The highest BCUT2D eigenvalue weighted by molar-refractivity contribution is 5.77. The summed E-state index contributed by atoms with van der Waals surface area (Å²) in [4.78, 5) is 16.1. The summed E-state index contributed by atoms with van der Waals surface area (Å²) in [5, 5.41) is 0. The fraction of sp³-hybridized carbons (Fsp3) is 0.929. The van der Waals surface area contributed by atoms with Gasteiger partial charge in [0.25, 0.3) is 0 Å². The Bertz CT molecular complexity index is 251. The molecule has 0 saturated carbocycles. The lowest BCUT2D eigenvalue weighted by molar-refractivity contribution is -0.140. The average molecular weight is 240 g/mol. The number of rotatable bonds is 5. The van der Waals surface area contributed by atoms with Crippen molar-refractivity contribution >= 4 is 5.91 Å². The van der Waals surface area contributed by atoms with Crippen LogP contribution in [0.2, 0.25) is 0 Å². The van der Waals surface area contributed by atoms with Crippen molar-refractivity contribution in [2.24, 2.45) is 11.3 Å². The van der Waals surface area contributed by atoms with Crippen LogP contribution in [0.3, 0.4) is 0 Å². The molecule has 0 spiro atoms. The Hall–Kier alpha value is -0.570. The van der Waals surface area contributed by atoms with Crippen LogP contribution < -0.4 is 0 Å². The van der Waals surface area contributed by atoms with Gasteiger partial charge in [-0.25, -0.2) is 0 Å². The van der Waals surface area contributed by atoms with E-state index in [4.69, 9.17) is 0 Å². The van der Waals surface area contributed by atoms with E-state index in [1.54, 1.807) is 0 Å². The molecule has 1 fully saturated rings. The van der Waals surface area contributed by atoms with E-state index in [9.17, 15) is 4.79 Å². The number of hydrogen-bond acceptors (Lipinski definition) is 2. The van der Waals surface area contributed by atoms with Crippen LogP contribution >= 0.6 is 0 Å². The van der Waals surface area contributed by atoms with Gasteiger partial charge in [-0.05, 0) is 37.9 Å². The lowest BCUT2D eigenvalue weighted by Crippen LogP contribution is -2.54. The van der Waals surface area contributed by atoms with E-state index in [1.807, 2.05) is 4.90 Å². The molecular weight excluding hydrogens is 212 g/mol. The summed E-state index contributed by atoms with van der Waals surface area (Å²) in [6.07, 6.45) is 1.70. The molecule has 0 bridgehead atoms. The van der Waals surface area contributed by atoms with E-state index in [0.29, 0.717) is 23.7 Å². The molecule has 17 heavy (non-hydrogen) atoms. The normalized spacial score (nSPS) is 17.4. The van der Waals surface area contributed by atoms with Gasteiger partial charge in [0.15, 0.2) is 0 Å². The summed E-state index contributed by atoms with van der Waals surface area (Å²) in [6, 6.07) is 0. The lowest BCUT2D eigenvalue weighted by atomic mass is 9.76. The van der Waals surface area contributed by atoms with Crippen molar-refractivity contribution in [2.45, 2.75) is 40.5 Å². The maximum absolute atomic E-state index is 11.9. The first-order valence-electron chi connectivity index (χ1n) is 6.81. The van der Waals surface area contributed by atoms with Crippen molar-refractivity contribution in [3.05, 3.63) is 0 Å². The van der Waals surface area contributed by atoms with E-state index in [1.165, 1.54) is 0 Å². The van der Waals surface area contributed by atoms with Gasteiger partial charge < -0.3 is 9.80 Å². The Morgan fingerprint density at radius 1 is 1.35 bits per heavy atom. The number of carbonyl (C=O) groups excluding carboxylic acids is 1. The third-order valence-corrected chi connectivity index (χ3v) is 3.93. The fourth-order valence-electron chi connectivity index (χ4n) is 2.05. The highest BCUT2D eigenvalue weighted by Gasteiger charge is 2.37. The minimum Gasteiger partial charge on any atom is -0.342 e. The Morgan fingerprint density at radius 2 is 1.94 bits per heavy atom. The second-order valence-electron chi connectivity index (χ2n) is 6.36. The second kappa shape index (κ2) is 5.85. The first kappa shape index (κ1) is 14.5. The van der Waals surface area contributed by atoms with Gasteiger partial charge in [0.05, 0.1) is 0 Å². The molecule has 1 amide bonds. The van der Waals surface area contributed by atoms with Crippen molar-refractivity contribution in [3.63, 3.8) is 0 Å². The third-order valence-electron chi connectivity index (χ3n) is 3.93. The first-order valence-corrected chi connectivity index (χ1v) is 6.81. The number of nitrogens with zero attached hydrogens (tertiary/aromatic N) is 2. The Morgan fingerprint density at radius 3 is 2.41 bits per heavy atom. The molecule has 3 nitrogen and oxygen atoms in total. The van der Waals surface area contributed by atoms with Crippen LogP contribution in [0.25, 0.3) is 0 Å². The van der Waals surface area contributed by atoms with Crippen molar-refractivity contribution in [3.8, 4) is 0 Å². The monoisotopic (exact) mass is 240 g/mol. The predicted molar refractivity (Wildman–Crippen MR) is 71.9 cm³/mol. The quantitative estimate of drug-likeness (QED) is 0.735. The van der Waals surface area contributed by atoms with Crippen LogP contribution in [-0.4, -0.2) is 48.9 Å². The highest BCUT2D eigenvalue weighted by Crippen LogP contribution is 2.33. The van der Waals surface area contributed by atoms with Crippen molar-refractivity contribution in [1.29, 1.82) is 0 Å². The van der Waals surface area contributed by atoms with Crippen molar-refractivity contribution < 1.29 is 4.79 Å². The average Bonchev–Trinajstić information content (AvgIpc) is 2.12. The van der Waals surface area contributed by atoms with E-state index in [0.717, 1.165) is 32.6 Å². The van der Waals surface area contributed by atoms with Gasteiger partial charge in [-0.15, -0.1) is 0 Å². The second-order valence-corrected chi connectivity index (χ2v) is 6.36. The smallest absolute Gasteiger partial charge is 0.222 e. The SMILES string of the molecule is CCN(C)CCCC(=O)N1CC(C(C)(C)C)C1. The summed E-state index contributed by atoms with van der Waals surface area (Å²) in [5.74, 6) is 1.03. The number of amides is 1. The van der Waals surface area contributed by atoms with Gasteiger partial charge in [0.1, 0.15) is 0 Å². The van der Waals surface area contributed by atoms with Gasteiger partial charge in [0.2, 0.25) is 5.91 Å². The van der Waals surface area contributed by atoms with E-state index < -0.39 is 0 Å². The van der Waals surface area contributed by atoms with Gasteiger partial charge in [-0.2, -0.15) is 0 Å². The number of carbonyl (C=O) groups is 1. The molecular formula is C14H28N2O. The molecule has 0 aliphatic carbocycles. The largest absolute Gasteiger partial charge is 0.342 e. The predicted octanol–water partition coefficient (Wildman–Crippen LogP) is 2.22. The van der Waals surface area contributed by atoms with Crippen molar-refractivity contribution in [2.75, 3.05) is 33.2 Å². The van der Waals surface area contributed by atoms with E-state index >= 15 is 0 Å². The standard InChI is InChI=1S/C14H28N2O/c1-6-15(5)9-7-8-13(17)16-10-12(11-16)14(2,3)4/h12H,6-11H2,1-5H3. The lowest BCUT2D eigenvalue weighted by Gasteiger charge is -2.46. The molecule has 0 unspecified atom stereocenters. The summed E-state index contributed by atoms with van der Waals surface area (Å²) in [6.45, 7) is 12.9. The zero-order valence-electron chi connectivity index (χ0n) is 12.1. The summed E-state index contributed by atoms with van der Waals surface area (Å²) >= 11 is 0. The molecule has 0 aromatic carbocycles. The molecule has 0 atom stereocenters. The van der Waals surface area contributed by atoms with Crippen LogP contribution in [-0.2, 0) is 4.79 Å². The first-order chi connectivity index (χ1) is 7.84. The zero-order valence-corrected chi connectivity index (χ0v) is 12.1. The topological polar surface area (TPSA) is 23.6 Å². The molecule has 0 aromatic heterocycles. The minimum atomic E-state index is 0.343.